The lowest BCUT2D eigenvalue weighted by atomic mass is 9.92. The van der Waals surface area contributed by atoms with Gasteiger partial charge in [-0.15, -0.1) is 0 Å². The SMILES string of the molecule is CC(=O)Nc1cccc(C(C)NCC2(C(C)C)CC2)c1. The third-order valence-electron chi connectivity index (χ3n) is 4.58. The molecule has 2 rings (SSSR count). The van der Waals surface area contributed by atoms with E-state index >= 15 is 0 Å². The Balaban J connectivity index is 1.95. The Hall–Kier alpha value is -1.35. The van der Waals surface area contributed by atoms with Crippen LogP contribution in [0.1, 0.15) is 52.1 Å². The van der Waals surface area contributed by atoms with Gasteiger partial charge in [-0.25, -0.2) is 0 Å². The summed E-state index contributed by atoms with van der Waals surface area (Å²) in [6, 6.07) is 8.38. The number of nitrogens with one attached hydrogen (secondary N) is 2. The molecule has 20 heavy (non-hydrogen) atoms. The standard InChI is InChI=1S/C17H26N2O/c1-12(2)17(8-9-17)11-18-13(3)15-6-5-7-16(10-15)19-14(4)20/h5-7,10,12-13,18H,8-9,11H2,1-4H3,(H,19,20). The third-order valence-corrected chi connectivity index (χ3v) is 4.58. The Morgan fingerprint density at radius 1 is 1.30 bits per heavy atom. The van der Waals surface area contributed by atoms with Gasteiger partial charge in [0.2, 0.25) is 5.91 Å². The van der Waals surface area contributed by atoms with Crippen LogP contribution in [0.15, 0.2) is 24.3 Å². The van der Waals surface area contributed by atoms with Crippen LogP contribution in [0.5, 0.6) is 0 Å². The zero-order valence-corrected chi connectivity index (χ0v) is 13.0. The Morgan fingerprint density at radius 2 is 2.00 bits per heavy atom. The second-order valence-electron chi connectivity index (χ2n) is 6.43. The maximum absolute atomic E-state index is 11.1. The van der Waals surface area contributed by atoms with E-state index in [-0.39, 0.29) is 5.91 Å². The first-order valence-electron chi connectivity index (χ1n) is 7.54. The molecule has 0 bridgehead atoms. The minimum atomic E-state index is -0.0282. The van der Waals surface area contributed by atoms with Crippen molar-refractivity contribution in [2.75, 3.05) is 11.9 Å². The molecule has 1 unspecified atom stereocenters. The Bertz CT molecular complexity index is 478. The van der Waals surface area contributed by atoms with E-state index in [4.69, 9.17) is 0 Å². The van der Waals surface area contributed by atoms with Gasteiger partial charge in [-0.3, -0.25) is 4.79 Å². The molecule has 0 heterocycles. The topological polar surface area (TPSA) is 41.1 Å². The number of amides is 1. The van der Waals surface area contributed by atoms with Gasteiger partial charge in [0.05, 0.1) is 0 Å². The molecular formula is C17H26N2O. The summed E-state index contributed by atoms with van der Waals surface area (Å²) in [7, 11) is 0. The fourth-order valence-corrected chi connectivity index (χ4v) is 2.68. The van der Waals surface area contributed by atoms with Crippen molar-refractivity contribution in [3.05, 3.63) is 29.8 Å². The molecular weight excluding hydrogens is 248 g/mol. The second kappa shape index (κ2) is 5.96. The summed E-state index contributed by atoms with van der Waals surface area (Å²) in [5.74, 6) is 0.715. The van der Waals surface area contributed by atoms with Crippen molar-refractivity contribution in [2.45, 2.75) is 46.6 Å². The number of carbonyl (C=O) groups is 1. The number of anilines is 1. The largest absolute Gasteiger partial charge is 0.326 e. The number of hydrogen-bond acceptors (Lipinski definition) is 2. The van der Waals surface area contributed by atoms with Gasteiger partial charge in [0, 0.05) is 25.2 Å². The summed E-state index contributed by atoms with van der Waals surface area (Å²) in [6.45, 7) is 9.43. The highest BCUT2D eigenvalue weighted by molar-refractivity contribution is 5.88. The van der Waals surface area contributed by atoms with Crippen LogP contribution in [0.25, 0.3) is 0 Å². The first-order valence-corrected chi connectivity index (χ1v) is 7.54. The highest BCUT2D eigenvalue weighted by Gasteiger charge is 2.44. The zero-order chi connectivity index (χ0) is 14.8. The Labute approximate surface area is 122 Å². The van der Waals surface area contributed by atoms with Gasteiger partial charge in [-0.05, 0) is 48.8 Å². The van der Waals surface area contributed by atoms with Crippen LogP contribution in [-0.2, 0) is 4.79 Å². The van der Waals surface area contributed by atoms with Crippen molar-refractivity contribution in [1.29, 1.82) is 0 Å². The average Bonchev–Trinajstić information content (AvgIpc) is 3.16. The molecule has 0 spiro atoms. The predicted octanol–water partition coefficient (Wildman–Crippen LogP) is 3.73. The predicted molar refractivity (Wildman–Crippen MR) is 83.7 cm³/mol. The summed E-state index contributed by atoms with van der Waals surface area (Å²) in [6.07, 6.45) is 2.69. The van der Waals surface area contributed by atoms with Gasteiger partial charge in [-0.1, -0.05) is 26.0 Å². The van der Waals surface area contributed by atoms with E-state index in [0.29, 0.717) is 11.5 Å². The lowest BCUT2D eigenvalue weighted by molar-refractivity contribution is -0.114. The number of hydrogen-bond donors (Lipinski definition) is 2. The van der Waals surface area contributed by atoms with Gasteiger partial charge in [-0.2, -0.15) is 0 Å². The molecule has 1 aliphatic rings. The third kappa shape index (κ3) is 3.60. The van der Waals surface area contributed by atoms with Crippen molar-refractivity contribution in [3.8, 4) is 0 Å². The lowest BCUT2D eigenvalue weighted by Gasteiger charge is -2.23. The molecule has 0 aromatic heterocycles. The van der Waals surface area contributed by atoms with Crippen molar-refractivity contribution in [2.24, 2.45) is 11.3 Å². The molecule has 3 heteroatoms. The van der Waals surface area contributed by atoms with Gasteiger partial charge < -0.3 is 10.6 Å². The quantitative estimate of drug-likeness (QED) is 0.830. The maximum atomic E-state index is 11.1. The molecule has 1 aliphatic carbocycles. The molecule has 0 saturated heterocycles. The van der Waals surface area contributed by atoms with Crippen LogP contribution in [0, 0.1) is 11.3 Å². The van der Waals surface area contributed by atoms with Crippen LogP contribution < -0.4 is 10.6 Å². The smallest absolute Gasteiger partial charge is 0.221 e. The lowest BCUT2D eigenvalue weighted by Crippen LogP contribution is -2.29. The van der Waals surface area contributed by atoms with E-state index in [1.807, 2.05) is 18.2 Å². The summed E-state index contributed by atoms with van der Waals surface area (Å²) in [4.78, 5) is 11.1. The summed E-state index contributed by atoms with van der Waals surface area (Å²) >= 11 is 0. The molecule has 1 saturated carbocycles. The van der Waals surface area contributed by atoms with E-state index in [1.165, 1.54) is 25.3 Å². The number of carbonyl (C=O) groups excluding carboxylic acids is 1. The van der Waals surface area contributed by atoms with Gasteiger partial charge in [0.1, 0.15) is 0 Å². The molecule has 0 aliphatic heterocycles. The zero-order valence-electron chi connectivity index (χ0n) is 13.0. The van der Waals surface area contributed by atoms with E-state index in [0.717, 1.165) is 18.2 Å². The van der Waals surface area contributed by atoms with Gasteiger partial charge in [0.15, 0.2) is 0 Å². The van der Waals surface area contributed by atoms with Gasteiger partial charge in [0.25, 0.3) is 0 Å². The van der Waals surface area contributed by atoms with Crippen LogP contribution in [-0.4, -0.2) is 12.5 Å². The maximum Gasteiger partial charge on any atom is 0.221 e. The van der Waals surface area contributed by atoms with Crippen molar-refractivity contribution in [1.82, 2.24) is 5.32 Å². The molecule has 1 amide bonds. The second-order valence-corrected chi connectivity index (χ2v) is 6.43. The number of benzene rings is 1. The highest BCUT2D eigenvalue weighted by Crippen LogP contribution is 2.51. The minimum Gasteiger partial charge on any atom is -0.326 e. The molecule has 1 fully saturated rings. The molecule has 1 aromatic rings. The van der Waals surface area contributed by atoms with Crippen LogP contribution >= 0.6 is 0 Å². The Morgan fingerprint density at radius 3 is 2.55 bits per heavy atom. The first kappa shape index (κ1) is 15.0. The summed E-state index contributed by atoms with van der Waals surface area (Å²) < 4.78 is 0. The number of rotatable bonds is 6. The van der Waals surface area contributed by atoms with Gasteiger partial charge >= 0.3 is 0 Å². The molecule has 2 N–H and O–H groups in total. The molecule has 0 radical (unpaired) electrons. The normalized spacial score (nSPS) is 17.9. The van der Waals surface area contributed by atoms with E-state index in [2.05, 4.69) is 37.5 Å². The first-order chi connectivity index (χ1) is 9.43. The molecule has 110 valence electrons. The van der Waals surface area contributed by atoms with E-state index in [9.17, 15) is 4.79 Å². The molecule has 1 atom stereocenters. The molecule has 1 aromatic carbocycles. The van der Waals surface area contributed by atoms with E-state index < -0.39 is 0 Å². The molecule has 3 nitrogen and oxygen atoms in total. The minimum absolute atomic E-state index is 0.0282. The average molecular weight is 274 g/mol. The Kier molecular flexibility index (Phi) is 4.48. The van der Waals surface area contributed by atoms with Crippen LogP contribution in [0.4, 0.5) is 5.69 Å². The summed E-state index contributed by atoms with van der Waals surface area (Å²) in [5.41, 5.74) is 2.60. The fraction of sp³-hybridized carbons (Fsp3) is 0.588. The highest BCUT2D eigenvalue weighted by atomic mass is 16.1. The fourth-order valence-electron chi connectivity index (χ4n) is 2.68. The van der Waals surface area contributed by atoms with E-state index in [1.54, 1.807) is 0 Å². The van der Waals surface area contributed by atoms with Crippen LogP contribution in [0.3, 0.4) is 0 Å². The van der Waals surface area contributed by atoms with Crippen molar-refractivity contribution < 1.29 is 4.79 Å². The monoisotopic (exact) mass is 274 g/mol. The van der Waals surface area contributed by atoms with Crippen molar-refractivity contribution >= 4 is 11.6 Å². The summed E-state index contributed by atoms with van der Waals surface area (Å²) in [5, 5.41) is 6.49. The van der Waals surface area contributed by atoms with Crippen LogP contribution in [0.2, 0.25) is 0 Å². The van der Waals surface area contributed by atoms with Crippen molar-refractivity contribution in [3.63, 3.8) is 0 Å².